The molecule has 2 rings (SSSR count). The topological polar surface area (TPSA) is 59.5 Å². The van der Waals surface area contributed by atoms with Gasteiger partial charge in [0, 0.05) is 12.7 Å². The van der Waals surface area contributed by atoms with E-state index in [4.69, 9.17) is 10.2 Å². The van der Waals surface area contributed by atoms with Gasteiger partial charge in [0.2, 0.25) is 0 Å². The molecular formula is C15H17FN2O2. The van der Waals surface area contributed by atoms with E-state index in [2.05, 4.69) is 0 Å². The highest BCUT2D eigenvalue weighted by molar-refractivity contribution is 5.95. The number of nitrogen functional groups attached to an aromatic ring is 1. The number of amides is 1. The Kier molecular flexibility index (Phi) is 3.79. The van der Waals surface area contributed by atoms with Crippen molar-refractivity contribution in [2.24, 2.45) is 0 Å². The lowest BCUT2D eigenvalue weighted by Crippen LogP contribution is -2.27. The molecule has 1 aromatic heterocycles. The zero-order valence-corrected chi connectivity index (χ0v) is 11.7. The molecule has 0 aliphatic carbocycles. The lowest BCUT2D eigenvalue weighted by molar-refractivity contribution is 0.0770. The lowest BCUT2D eigenvalue weighted by atomic mass is 10.1. The number of rotatable bonds is 3. The molecule has 0 radical (unpaired) electrons. The molecular weight excluding hydrogens is 259 g/mol. The summed E-state index contributed by atoms with van der Waals surface area (Å²) in [6, 6.07) is 6.47. The smallest absolute Gasteiger partial charge is 0.257 e. The normalized spacial score (nSPS) is 10.6. The summed E-state index contributed by atoms with van der Waals surface area (Å²) in [6.45, 7) is 3.69. The summed E-state index contributed by atoms with van der Waals surface area (Å²) >= 11 is 0. The number of furan rings is 1. The number of hydrogen-bond donors (Lipinski definition) is 1. The van der Waals surface area contributed by atoms with Crippen LogP contribution in [0.25, 0.3) is 0 Å². The molecule has 0 spiro atoms. The number of halogens is 1. The molecule has 0 unspecified atom stereocenters. The number of nitrogens with zero attached hydrogens (tertiary/aromatic N) is 1. The largest absolute Gasteiger partial charge is 0.464 e. The maximum atomic E-state index is 14.0. The van der Waals surface area contributed by atoms with E-state index < -0.39 is 11.7 Å². The fourth-order valence-corrected chi connectivity index (χ4v) is 2.03. The third-order valence-corrected chi connectivity index (χ3v) is 3.04. The SMILES string of the molecule is Cc1ccc(CN(C)C(=O)c2cc(N)cc(C)c2F)o1. The van der Waals surface area contributed by atoms with E-state index in [0.717, 1.165) is 5.76 Å². The van der Waals surface area contributed by atoms with Gasteiger partial charge >= 0.3 is 0 Å². The Hall–Kier alpha value is -2.30. The maximum Gasteiger partial charge on any atom is 0.257 e. The molecule has 1 aromatic carbocycles. The molecule has 106 valence electrons. The minimum Gasteiger partial charge on any atom is -0.464 e. The third-order valence-electron chi connectivity index (χ3n) is 3.04. The molecule has 2 N–H and O–H groups in total. The van der Waals surface area contributed by atoms with Crippen LogP contribution in [0.2, 0.25) is 0 Å². The number of hydrogen-bond acceptors (Lipinski definition) is 3. The summed E-state index contributed by atoms with van der Waals surface area (Å²) in [5, 5.41) is 0. The van der Waals surface area contributed by atoms with Gasteiger partial charge in [-0.3, -0.25) is 4.79 Å². The Balaban J connectivity index is 2.22. The van der Waals surface area contributed by atoms with Crippen LogP contribution in [0.15, 0.2) is 28.7 Å². The van der Waals surface area contributed by atoms with Crippen molar-refractivity contribution < 1.29 is 13.6 Å². The predicted octanol–water partition coefficient (Wildman–Crippen LogP) is 2.89. The molecule has 1 amide bonds. The summed E-state index contributed by atoms with van der Waals surface area (Å²) in [6.07, 6.45) is 0. The van der Waals surface area contributed by atoms with Crippen LogP contribution in [0.5, 0.6) is 0 Å². The molecule has 0 saturated heterocycles. The van der Waals surface area contributed by atoms with Gasteiger partial charge in [0.1, 0.15) is 17.3 Å². The fraction of sp³-hybridized carbons (Fsp3) is 0.267. The molecule has 0 saturated carbocycles. The molecule has 4 nitrogen and oxygen atoms in total. The number of aryl methyl sites for hydroxylation is 2. The van der Waals surface area contributed by atoms with E-state index >= 15 is 0 Å². The molecule has 0 bridgehead atoms. The zero-order chi connectivity index (χ0) is 14.9. The van der Waals surface area contributed by atoms with E-state index in [1.807, 2.05) is 13.0 Å². The Morgan fingerprint density at radius 1 is 1.35 bits per heavy atom. The van der Waals surface area contributed by atoms with Crippen molar-refractivity contribution >= 4 is 11.6 Å². The second kappa shape index (κ2) is 5.36. The molecule has 0 aliphatic heterocycles. The van der Waals surface area contributed by atoms with Gasteiger partial charge in [-0.2, -0.15) is 0 Å². The van der Waals surface area contributed by atoms with Gasteiger partial charge in [0.05, 0.1) is 12.1 Å². The van der Waals surface area contributed by atoms with Crippen LogP contribution in [0, 0.1) is 19.7 Å². The minimum absolute atomic E-state index is 0.0201. The van der Waals surface area contributed by atoms with Crippen LogP contribution in [0.4, 0.5) is 10.1 Å². The maximum absolute atomic E-state index is 14.0. The van der Waals surface area contributed by atoms with Crippen molar-refractivity contribution in [1.82, 2.24) is 4.90 Å². The van der Waals surface area contributed by atoms with Gasteiger partial charge in [0.15, 0.2) is 0 Å². The van der Waals surface area contributed by atoms with Gasteiger partial charge in [-0.05, 0) is 43.7 Å². The number of carbonyl (C=O) groups excluding carboxylic acids is 1. The summed E-state index contributed by atoms with van der Waals surface area (Å²) < 4.78 is 19.4. The summed E-state index contributed by atoms with van der Waals surface area (Å²) in [4.78, 5) is 13.7. The van der Waals surface area contributed by atoms with E-state index in [-0.39, 0.29) is 12.1 Å². The Morgan fingerprint density at radius 2 is 2.05 bits per heavy atom. The first kappa shape index (κ1) is 14.1. The van der Waals surface area contributed by atoms with Crippen LogP contribution >= 0.6 is 0 Å². The van der Waals surface area contributed by atoms with Crippen LogP contribution in [0.1, 0.15) is 27.4 Å². The van der Waals surface area contributed by atoms with E-state index in [0.29, 0.717) is 17.0 Å². The number of nitrogens with two attached hydrogens (primary N) is 1. The summed E-state index contributed by atoms with van der Waals surface area (Å²) in [5.74, 6) is 0.463. The number of benzene rings is 1. The first-order valence-electron chi connectivity index (χ1n) is 6.25. The molecule has 0 aliphatic rings. The van der Waals surface area contributed by atoms with E-state index in [1.54, 1.807) is 20.0 Å². The second-order valence-electron chi connectivity index (χ2n) is 4.87. The van der Waals surface area contributed by atoms with Gasteiger partial charge < -0.3 is 15.1 Å². The standard InChI is InChI=1S/C15H17FN2O2/c1-9-6-11(17)7-13(14(9)16)15(19)18(3)8-12-5-4-10(2)20-12/h4-7H,8,17H2,1-3H3. The first-order chi connectivity index (χ1) is 9.38. The highest BCUT2D eigenvalue weighted by atomic mass is 19.1. The van der Waals surface area contributed by atoms with E-state index in [9.17, 15) is 9.18 Å². The lowest BCUT2D eigenvalue weighted by Gasteiger charge is -2.17. The predicted molar refractivity (Wildman–Crippen MR) is 74.8 cm³/mol. The van der Waals surface area contributed by atoms with Crippen LogP contribution in [-0.4, -0.2) is 17.9 Å². The summed E-state index contributed by atoms with van der Waals surface area (Å²) in [5.41, 5.74) is 6.37. The van der Waals surface area contributed by atoms with Crippen molar-refractivity contribution in [3.8, 4) is 0 Å². The van der Waals surface area contributed by atoms with Crippen LogP contribution in [0.3, 0.4) is 0 Å². The minimum atomic E-state index is -0.535. The zero-order valence-electron chi connectivity index (χ0n) is 11.7. The fourth-order valence-electron chi connectivity index (χ4n) is 2.03. The first-order valence-corrected chi connectivity index (χ1v) is 6.25. The number of anilines is 1. The van der Waals surface area contributed by atoms with Gasteiger partial charge in [0.25, 0.3) is 5.91 Å². The molecule has 0 atom stereocenters. The van der Waals surface area contributed by atoms with Crippen molar-refractivity contribution in [2.75, 3.05) is 12.8 Å². The second-order valence-corrected chi connectivity index (χ2v) is 4.87. The third kappa shape index (κ3) is 2.82. The Morgan fingerprint density at radius 3 is 2.65 bits per heavy atom. The van der Waals surface area contributed by atoms with Crippen molar-refractivity contribution in [3.05, 3.63) is 52.7 Å². The molecule has 2 aromatic rings. The average molecular weight is 276 g/mol. The molecule has 5 heteroatoms. The van der Waals surface area contributed by atoms with Gasteiger partial charge in [-0.1, -0.05) is 0 Å². The van der Waals surface area contributed by atoms with Crippen LogP contribution in [-0.2, 0) is 6.54 Å². The highest BCUT2D eigenvalue weighted by Crippen LogP contribution is 2.19. The summed E-state index contributed by atoms with van der Waals surface area (Å²) in [7, 11) is 1.60. The van der Waals surface area contributed by atoms with E-state index in [1.165, 1.54) is 17.0 Å². The van der Waals surface area contributed by atoms with Crippen molar-refractivity contribution in [1.29, 1.82) is 0 Å². The molecule has 0 fully saturated rings. The Bertz CT molecular complexity index is 649. The number of carbonyl (C=O) groups is 1. The highest BCUT2D eigenvalue weighted by Gasteiger charge is 2.19. The van der Waals surface area contributed by atoms with Crippen molar-refractivity contribution in [3.63, 3.8) is 0 Å². The molecule has 20 heavy (non-hydrogen) atoms. The van der Waals surface area contributed by atoms with Gasteiger partial charge in [-0.25, -0.2) is 4.39 Å². The van der Waals surface area contributed by atoms with Crippen LogP contribution < -0.4 is 5.73 Å². The Labute approximate surface area is 117 Å². The quantitative estimate of drug-likeness (QED) is 0.877. The monoisotopic (exact) mass is 276 g/mol. The van der Waals surface area contributed by atoms with Gasteiger partial charge in [-0.15, -0.1) is 0 Å². The molecule has 1 heterocycles. The van der Waals surface area contributed by atoms with Crippen molar-refractivity contribution in [2.45, 2.75) is 20.4 Å². The average Bonchev–Trinajstić information content (AvgIpc) is 2.78.